The minimum Gasteiger partial charge on any atom is -0.472 e. The molecule has 6 aliphatic rings. The molecule has 6 fully saturated rings. The summed E-state index contributed by atoms with van der Waals surface area (Å²) in [6.45, 7) is 11.7. The van der Waals surface area contributed by atoms with Gasteiger partial charge in [0.05, 0.1) is 55.8 Å². The average Bonchev–Trinajstić information content (AvgIpc) is 3.80. The molecule has 1 aromatic heterocycles. The lowest BCUT2D eigenvalue weighted by atomic mass is 9.37. The summed E-state index contributed by atoms with van der Waals surface area (Å²) in [7, 11) is 1.33. The van der Waals surface area contributed by atoms with Gasteiger partial charge in [0, 0.05) is 22.3 Å². The van der Waals surface area contributed by atoms with Gasteiger partial charge >= 0.3 is 17.9 Å². The Morgan fingerprint density at radius 1 is 1.14 bits per heavy atom. The molecular weight excluding hydrogens is 544 g/mol. The van der Waals surface area contributed by atoms with Crippen LogP contribution in [0.5, 0.6) is 0 Å². The molecule has 0 N–H and O–H groups in total. The normalized spacial score (nSPS) is 47.9. The van der Waals surface area contributed by atoms with E-state index in [9.17, 15) is 19.2 Å². The molecule has 42 heavy (non-hydrogen) atoms. The number of esters is 3. The van der Waals surface area contributed by atoms with Crippen LogP contribution in [-0.4, -0.2) is 60.3 Å². The van der Waals surface area contributed by atoms with Crippen LogP contribution in [0.2, 0.25) is 0 Å². The largest absolute Gasteiger partial charge is 0.472 e. The first-order chi connectivity index (χ1) is 19.8. The molecule has 10 heteroatoms. The van der Waals surface area contributed by atoms with Gasteiger partial charge in [-0.15, -0.1) is 0 Å². The Kier molecular flexibility index (Phi) is 5.66. The van der Waals surface area contributed by atoms with Gasteiger partial charge in [-0.25, -0.2) is 0 Å². The number of ether oxygens (including phenoxy) is 5. The number of epoxide rings is 2. The zero-order valence-electron chi connectivity index (χ0n) is 25.3. The van der Waals surface area contributed by atoms with Crippen molar-refractivity contribution in [2.24, 2.45) is 39.9 Å². The van der Waals surface area contributed by atoms with Crippen molar-refractivity contribution < 1.29 is 47.3 Å². The minimum atomic E-state index is -1.15. The first-order valence-electron chi connectivity index (χ1n) is 15.1. The van der Waals surface area contributed by atoms with E-state index in [2.05, 4.69) is 6.92 Å². The first-order valence-corrected chi connectivity index (χ1v) is 15.1. The fourth-order valence-corrected chi connectivity index (χ4v) is 10.1. The monoisotopic (exact) mass is 584 g/mol. The van der Waals surface area contributed by atoms with Crippen molar-refractivity contribution >= 4 is 23.7 Å². The molecule has 3 aliphatic heterocycles. The van der Waals surface area contributed by atoms with E-state index in [1.807, 2.05) is 33.8 Å². The van der Waals surface area contributed by atoms with Gasteiger partial charge in [-0.3, -0.25) is 19.2 Å². The Labute approximate surface area is 245 Å². The Balaban J connectivity index is 1.39. The predicted octanol–water partition coefficient (Wildman–Crippen LogP) is 3.95. The van der Waals surface area contributed by atoms with Crippen LogP contribution in [0.4, 0.5) is 0 Å². The van der Waals surface area contributed by atoms with Gasteiger partial charge in [0.1, 0.15) is 29.5 Å². The summed E-state index contributed by atoms with van der Waals surface area (Å²) in [4.78, 5) is 54.2. The molecule has 1 aromatic rings. The van der Waals surface area contributed by atoms with Crippen LogP contribution in [0, 0.1) is 39.9 Å². The van der Waals surface area contributed by atoms with E-state index in [-0.39, 0.29) is 48.5 Å². The Morgan fingerprint density at radius 2 is 1.88 bits per heavy atom. The number of methoxy groups -OCH3 is 1. The number of hydrogen-bond acceptors (Lipinski definition) is 10. The number of hydrogen-bond donors (Lipinski definition) is 0. The van der Waals surface area contributed by atoms with Crippen molar-refractivity contribution in [2.45, 2.75) is 103 Å². The summed E-state index contributed by atoms with van der Waals surface area (Å²) in [5.41, 5.74) is -3.76. The molecule has 0 amide bonds. The molecule has 2 bridgehead atoms. The van der Waals surface area contributed by atoms with Gasteiger partial charge in [0.15, 0.2) is 5.78 Å². The molecule has 3 saturated carbocycles. The molecule has 0 radical (unpaired) electrons. The maximum Gasteiger partial charge on any atom is 0.308 e. The average molecular weight is 585 g/mol. The van der Waals surface area contributed by atoms with Crippen LogP contribution in [0.15, 0.2) is 23.0 Å². The number of carbonyl (C=O) groups is 4. The van der Waals surface area contributed by atoms with E-state index in [4.69, 9.17) is 28.1 Å². The molecule has 0 aromatic carbocycles. The van der Waals surface area contributed by atoms with Crippen LogP contribution in [0.1, 0.15) is 78.9 Å². The minimum absolute atomic E-state index is 0.0456. The van der Waals surface area contributed by atoms with Crippen LogP contribution < -0.4 is 0 Å². The Hall–Kier alpha value is -2.72. The molecule has 10 nitrogen and oxygen atoms in total. The second-order valence-electron chi connectivity index (χ2n) is 14.5. The highest BCUT2D eigenvalue weighted by Gasteiger charge is 2.99. The molecule has 7 rings (SSSR count). The maximum atomic E-state index is 14.8. The number of Topliss-reactive ketones (excluding diaryl/α,β-unsaturated/α-hetero) is 1. The quantitative estimate of drug-likeness (QED) is 0.275. The third-order valence-electron chi connectivity index (χ3n) is 12.4. The van der Waals surface area contributed by atoms with Gasteiger partial charge < -0.3 is 28.1 Å². The lowest BCUT2D eigenvalue weighted by Gasteiger charge is -2.63. The summed E-state index contributed by atoms with van der Waals surface area (Å²) in [6.07, 6.45) is 2.01. The number of carbonyl (C=O) groups excluding carboxylic acids is 4. The van der Waals surface area contributed by atoms with Gasteiger partial charge in [-0.1, -0.05) is 34.6 Å². The summed E-state index contributed by atoms with van der Waals surface area (Å²) in [6, 6.07) is 1.81. The Bertz CT molecular complexity index is 1370. The summed E-state index contributed by atoms with van der Waals surface area (Å²) >= 11 is 0. The molecule has 12 atom stereocenters. The van der Waals surface area contributed by atoms with Crippen LogP contribution in [-0.2, 0) is 42.9 Å². The second kappa shape index (κ2) is 8.46. The van der Waals surface area contributed by atoms with Crippen molar-refractivity contribution in [1.29, 1.82) is 0 Å². The van der Waals surface area contributed by atoms with Crippen LogP contribution in [0.25, 0.3) is 0 Å². The van der Waals surface area contributed by atoms with Crippen molar-refractivity contribution in [3.63, 3.8) is 0 Å². The number of rotatable bonds is 6. The van der Waals surface area contributed by atoms with Crippen molar-refractivity contribution in [3.05, 3.63) is 24.2 Å². The standard InChI is InChI=1S/C32H40O10/c1-8-15(2)27(36)40-25-22-23(35)30(6,17(28(25,3)4)11-20(33)37-7)32-19(41-32)13-29(5)18(31(32)26(22)42-31)12-21(34)39-24(29)16-9-10-38-14-16/h9-10,14-15,17-19,22,24-26H,8,11-13H2,1-7H3/t15-,17+,18+,19-,22-,24+,25-,26-,29-,30-,31-,32+/m1/s1. The third-order valence-corrected chi connectivity index (χ3v) is 12.4. The lowest BCUT2D eigenvalue weighted by molar-refractivity contribution is -0.217. The molecule has 228 valence electrons. The summed E-state index contributed by atoms with van der Waals surface area (Å²) < 4.78 is 36.3. The lowest BCUT2D eigenvalue weighted by Crippen LogP contribution is -2.77. The number of ketones is 1. The third kappa shape index (κ3) is 3.03. The fourth-order valence-electron chi connectivity index (χ4n) is 10.1. The van der Waals surface area contributed by atoms with E-state index in [1.54, 1.807) is 19.5 Å². The van der Waals surface area contributed by atoms with Crippen molar-refractivity contribution in [3.8, 4) is 0 Å². The van der Waals surface area contributed by atoms with Crippen molar-refractivity contribution in [1.82, 2.24) is 0 Å². The van der Waals surface area contributed by atoms with Gasteiger partial charge in [0.2, 0.25) is 0 Å². The smallest absolute Gasteiger partial charge is 0.308 e. The van der Waals surface area contributed by atoms with E-state index in [1.165, 1.54) is 7.11 Å². The first kappa shape index (κ1) is 28.1. The number of furan rings is 1. The number of fused-ring (bicyclic) bond motifs is 4. The highest BCUT2D eigenvalue weighted by atomic mass is 16.7. The van der Waals surface area contributed by atoms with E-state index >= 15 is 0 Å². The molecule has 0 unspecified atom stereocenters. The van der Waals surface area contributed by atoms with E-state index in [0.29, 0.717) is 12.8 Å². The zero-order valence-corrected chi connectivity index (χ0v) is 25.3. The molecule has 2 spiro atoms. The van der Waals surface area contributed by atoms with E-state index < -0.39 is 63.6 Å². The van der Waals surface area contributed by atoms with Gasteiger partial charge in [0.25, 0.3) is 0 Å². The van der Waals surface area contributed by atoms with Gasteiger partial charge in [-0.2, -0.15) is 0 Å². The van der Waals surface area contributed by atoms with Gasteiger partial charge in [-0.05, 0) is 31.7 Å². The molecule has 3 aliphatic carbocycles. The summed E-state index contributed by atoms with van der Waals surface area (Å²) in [5.74, 6) is -3.32. The van der Waals surface area contributed by atoms with Crippen LogP contribution >= 0.6 is 0 Å². The molecular formula is C32H40O10. The van der Waals surface area contributed by atoms with Crippen molar-refractivity contribution in [2.75, 3.05) is 7.11 Å². The van der Waals surface area contributed by atoms with Crippen LogP contribution in [0.3, 0.4) is 0 Å². The second-order valence-corrected chi connectivity index (χ2v) is 14.5. The molecule has 3 saturated heterocycles. The topological polar surface area (TPSA) is 134 Å². The summed E-state index contributed by atoms with van der Waals surface area (Å²) in [5, 5.41) is 0. The zero-order chi connectivity index (χ0) is 30.2. The molecule has 4 heterocycles. The van der Waals surface area contributed by atoms with E-state index in [0.717, 1.165) is 5.56 Å². The fraction of sp³-hybridized carbons (Fsp3) is 0.750. The highest BCUT2D eigenvalue weighted by molar-refractivity contribution is 5.95. The predicted molar refractivity (Wildman–Crippen MR) is 143 cm³/mol. The Morgan fingerprint density at radius 3 is 2.52 bits per heavy atom. The maximum absolute atomic E-state index is 14.8. The number of cyclic esters (lactones) is 1. The SMILES string of the molecule is CC[C@@H](C)C(=O)O[C@@H]1[C@H]2C(=O)[C@@](C)([C@@H](CC(=O)OC)C1(C)C)[C@@]13O[C@@H]1C[C@@]1(C)[C@H](c4ccoc4)OC(=O)C[C@@H]1[C@]31O[C@H]21. The highest BCUT2D eigenvalue weighted by Crippen LogP contribution is 2.84.